The number of nitrogens with zero attached hydrogens (tertiary/aromatic N) is 1. The summed E-state index contributed by atoms with van der Waals surface area (Å²) in [5.74, 6) is -1.62. The van der Waals surface area contributed by atoms with E-state index in [4.69, 9.17) is 0 Å². The van der Waals surface area contributed by atoms with E-state index in [1.807, 2.05) is 0 Å². The molecule has 0 radical (unpaired) electrons. The van der Waals surface area contributed by atoms with Crippen LogP contribution in [0.5, 0.6) is 0 Å². The molecular weight excluding hydrogens is 250 g/mol. The highest BCUT2D eigenvalue weighted by molar-refractivity contribution is 5.94. The lowest BCUT2D eigenvalue weighted by Gasteiger charge is -2.19. The number of likely N-dealkylation sites (N-methyl/N-ethyl adjacent to an activating group) is 1. The fourth-order valence-corrected chi connectivity index (χ4v) is 1.99. The van der Waals surface area contributed by atoms with Crippen molar-refractivity contribution in [3.05, 3.63) is 0 Å². The van der Waals surface area contributed by atoms with Crippen LogP contribution in [0.3, 0.4) is 0 Å². The number of carboxylic acids is 1. The monoisotopic (exact) mass is 271 g/mol. The van der Waals surface area contributed by atoms with E-state index in [0.717, 1.165) is 19.5 Å². The zero-order chi connectivity index (χ0) is 14.3. The molecule has 1 heterocycles. The van der Waals surface area contributed by atoms with Crippen LogP contribution in [0.25, 0.3) is 0 Å². The average molecular weight is 271 g/mol. The quantitative estimate of drug-likeness (QED) is 0.584. The molecule has 0 aromatic heterocycles. The third-order valence-electron chi connectivity index (χ3n) is 3.16. The molecule has 1 unspecified atom stereocenters. The summed E-state index contributed by atoms with van der Waals surface area (Å²) in [5, 5.41) is 12.5. The summed E-state index contributed by atoms with van der Waals surface area (Å²) in [6, 6.07) is -0.381. The molecule has 0 aromatic carbocycles. The van der Waals surface area contributed by atoms with Gasteiger partial charge in [-0.05, 0) is 12.8 Å². The summed E-state index contributed by atoms with van der Waals surface area (Å²) >= 11 is 0. The van der Waals surface area contributed by atoms with Crippen molar-refractivity contribution in [2.24, 2.45) is 0 Å². The van der Waals surface area contributed by atoms with Crippen LogP contribution in [0, 0.1) is 0 Å². The van der Waals surface area contributed by atoms with Gasteiger partial charge in [-0.15, -0.1) is 0 Å². The van der Waals surface area contributed by atoms with Gasteiger partial charge in [-0.2, -0.15) is 0 Å². The Morgan fingerprint density at radius 2 is 1.95 bits per heavy atom. The van der Waals surface area contributed by atoms with Gasteiger partial charge in [0.15, 0.2) is 0 Å². The minimum absolute atomic E-state index is 0.0265. The predicted octanol–water partition coefficient (Wildman–Crippen LogP) is -2.64. The second-order valence-electron chi connectivity index (χ2n) is 4.88. The smallest absolute Gasteiger partial charge is 0.324 e. The van der Waals surface area contributed by atoms with Crippen LogP contribution in [0.4, 0.5) is 4.79 Å². The molecule has 1 rings (SSSR count). The van der Waals surface area contributed by atoms with Crippen molar-refractivity contribution < 1.29 is 24.4 Å². The fourth-order valence-electron chi connectivity index (χ4n) is 1.99. The van der Waals surface area contributed by atoms with Crippen LogP contribution in [-0.2, 0) is 9.59 Å². The Hall–Kier alpha value is -1.63. The Bertz CT molecular complexity index is 346. The predicted molar refractivity (Wildman–Crippen MR) is 65.2 cm³/mol. The van der Waals surface area contributed by atoms with E-state index in [1.165, 1.54) is 4.90 Å². The summed E-state index contributed by atoms with van der Waals surface area (Å²) in [5.41, 5.74) is 0. The first-order valence-electron chi connectivity index (χ1n) is 6.59. The maximum atomic E-state index is 11.8. The largest absolute Gasteiger partial charge is 0.550 e. The molecule has 3 amide bonds. The van der Waals surface area contributed by atoms with Gasteiger partial charge in [-0.25, -0.2) is 4.79 Å². The van der Waals surface area contributed by atoms with Gasteiger partial charge in [-0.3, -0.25) is 10.1 Å². The van der Waals surface area contributed by atoms with Crippen LogP contribution >= 0.6 is 0 Å². The normalized spacial score (nSPS) is 19.6. The van der Waals surface area contributed by atoms with Gasteiger partial charge >= 0.3 is 6.03 Å². The van der Waals surface area contributed by atoms with Gasteiger partial charge in [0.25, 0.3) is 0 Å². The van der Waals surface area contributed by atoms with Crippen LogP contribution in [0.1, 0.15) is 25.7 Å². The Kier molecular flexibility index (Phi) is 6.27. The standard InChI is InChI=1S/C12H21N3O4/c1-14-6-3-7-15(9-8-14)12(19)13-10(16)4-2-5-11(17)18/h2-9H2,1H3,(H,17,18)(H,13,16,19). The van der Waals surface area contributed by atoms with Crippen LogP contribution in [0.15, 0.2) is 0 Å². The van der Waals surface area contributed by atoms with Crippen molar-refractivity contribution in [3.8, 4) is 0 Å². The van der Waals surface area contributed by atoms with Crippen molar-refractivity contribution in [1.29, 1.82) is 0 Å². The molecule has 1 atom stereocenters. The molecule has 1 fully saturated rings. The van der Waals surface area contributed by atoms with Crippen molar-refractivity contribution in [3.63, 3.8) is 0 Å². The molecule has 0 saturated carbocycles. The molecule has 1 aliphatic heterocycles. The SMILES string of the molecule is C[NH+]1CCCN(C(=O)NC(=O)CCCC(=O)[O-])CC1. The molecule has 0 aliphatic carbocycles. The van der Waals surface area contributed by atoms with Crippen LogP contribution in [-0.4, -0.2) is 56.0 Å². The van der Waals surface area contributed by atoms with Gasteiger partial charge in [-0.1, -0.05) is 0 Å². The number of hydrogen-bond acceptors (Lipinski definition) is 4. The third-order valence-corrected chi connectivity index (χ3v) is 3.16. The minimum Gasteiger partial charge on any atom is -0.550 e. The van der Waals surface area contributed by atoms with Crippen molar-refractivity contribution in [2.75, 3.05) is 33.2 Å². The Morgan fingerprint density at radius 1 is 1.21 bits per heavy atom. The Morgan fingerprint density at radius 3 is 2.63 bits per heavy atom. The number of hydrogen-bond donors (Lipinski definition) is 2. The number of rotatable bonds is 4. The summed E-state index contributed by atoms with van der Waals surface area (Å²) in [7, 11) is 2.08. The van der Waals surface area contributed by atoms with E-state index in [0.29, 0.717) is 13.1 Å². The van der Waals surface area contributed by atoms with Gasteiger partial charge in [0.1, 0.15) is 0 Å². The number of amides is 3. The lowest BCUT2D eigenvalue weighted by Crippen LogP contribution is -3.09. The summed E-state index contributed by atoms with van der Waals surface area (Å²) in [4.78, 5) is 36.5. The molecular formula is C12H21N3O4. The molecule has 108 valence electrons. The number of quaternary nitrogens is 1. The molecule has 1 aliphatic rings. The highest BCUT2D eigenvalue weighted by atomic mass is 16.4. The van der Waals surface area contributed by atoms with Crippen molar-refractivity contribution in [1.82, 2.24) is 10.2 Å². The maximum absolute atomic E-state index is 11.8. The highest BCUT2D eigenvalue weighted by Gasteiger charge is 2.20. The van der Waals surface area contributed by atoms with Gasteiger partial charge in [0.2, 0.25) is 5.91 Å². The Balaban J connectivity index is 2.29. The van der Waals surface area contributed by atoms with E-state index in [1.54, 1.807) is 4.90 Å². The number of carbonyl (C=O) groups is 3. The molecule has 0 aromatic rings. The first kappa shape index (κ1) is 15.4. The fraction of sp³-hybridized carbons (Fsp3) is 0.750. The molecule has 0 bridgehead atoms. The second kappa shape index (κ2) is 7.73. The van der Waals surface area contributed by atoms with E-state index >= 15 is 0 Å². The first-order valence-corrected chi connectivity index (χ1v) is 6.59. The topological polar surface area (TPSA) is 94.0 Å². The average Bonchev–Trinajstić information content (AvgIpc) is 2.53. The van der Waals surface area contributed by atoms with Gasteiger partial charge < -0.3 is 19.7 Å². The van der Waals surface area contributed by atoms with Crippen LogP contribution < -0.4 is 15.3 Å². The molecule has 7 nitrogen and oxygen atoms in total. The number of aliphatic carboxylic acids is 1. The molecule has 7 heteroatoms. The number of nitrogens with one attached hydrogen (secondary N) is 2. The second-order valence-corrected chi connectivity index (χ2v) is 4.88. The van der Waals surface area contributed by atoms with E-state index < -0.39 is 11.9 Å². The number of carbonyl (C=O) groups excluding carboxylic acids is 3. The molecule has 1 saturated heterocycles. The molecule has 0 spiro atoms. The number of carboxylic acid groups (broad SMARTS) is 1. The van der Waals surface area contributed by atoms with Crippen molar-refractivity contribution >= 4 is 17.9 Å². The summed E-state index contributed by atoms with van der Waals surface area (Å²) in [6.45, 7) is 3.16. The van der Waals surface area contributed by atoms with Gasteiger partial charge in [0.05, 0.1) is 26.7 Å². The van der Waals surface area contributed by atoms with Gasteiger partial charge in [0, 0.05) is 25.4 Å². The lowest BCUT2D eigenvalue weighted by atomic mass is 10.2. The zero-order valence-corrected chi connectivity index (χ0v) is 11.2. The van der Waals surface area contributed by atoms with E-state index in [-0.39, 0.29) is 25.3 Å². The molecule has 19 heavy (non-hydrogen) atoms. The number of urea groups is 1. The first-order chi connectivity index (χ1) is 8.99. The Labute approximate surface area is 112 Å². The molecule has 2 N–H and O–H groups in total. The summed E-state index contributed by atoms with van der Waals surface area (Å²) < 4.78 is 0. The van der Waals surface area contributed by atoms with Crippen molar-refractivity contribution in [2.45, 2.75) is 25.7 Å². The summed E-state index contributed by atoms with van der Waals surface area (Å²) in [6.07, 6.45) is 0.963. The third kappa shape index (κ3) is 6.19. The minimum atomic E-state index is -1.18. The van der Waals surface area contributed by atoms with E-state index in [9.17, 15) is 19.5 Å². The lowest BCUT2D eigenvalue weighted by molar-refractivity contribution is -0.877. The maximum Gasteiger partial charge on any atom is 0.324 e. The zero-order valence-electron chi connectivity index (χ0n) is 11.2. The van der Waals surface area contributed by atoms with Crippen LogP contribution in [0.2, 0.25) is 0 Å². The highest BCUT2D eigenvalue weighted by Crippen LogP contribution is 1.97. The van der Waals surface area contributed by atoms with E-state index in [2.05, 4.69) is 12.4 Å². The number of imide groups is 1.